The molecule has 0 aromatic carbocycles. The van der Waals surface area contributed by atoms with Gasteiger partial charge in [0.15, 0.2) is 0 Å². The summed E-state index contributed by atoms with van der Waals surface area (Å²) in [6.07, 6.45) is 3.77. The lowest BCUT2D eigenvalue weighted by Crippen LogP contribution is -2.22. The molecule has 0 aliphatic heterocycles. The molecule has 0 amide bonds. The van der Waals surface area contributed by atoms with Crippen LogP contribution in [-0.2, 0) is 0 Å². The summed E-state index contributed by atoms with van der Waals surface area (Å²) in [6, 6.07) is 0. The van der Waals surface area contributed by atoms with Crippen molar-refractivity contribution in [2.75, 3.05) is 13.1 Å². The lowest BCUT2D eigenvalue weighted by molar-refractivity contribution is 0.281. The maximum absolute atomic E-state index is 4.01. The summed E-state index contributed by atoms with van der Waals surface area (Å²) in [5.74, 6) is 0. The summed E-state index contributed by atoms with van der Waals surface area (Å²) in [6.45, 7) is 11.3. The van der Waals surface area contributed by atoms with E-state index < -0.39 is 0 Å². The van der Waals surface area contributed by atoms with Crippen LogP contribution in [0.15, 0.2) is 0 Å². The fourth-order valence-corrected chi connectivity index (χ4v) is 0.987. The highest BCUT2D eigenvalue weighted by Crippen LogP contribution is 2.18. The van der Waals surface area contributed by atoms with Crippen molar-refractivity contribution in [2.45, 2.75) is 47.0 Å². The van der Waals surface area contributed by atoms with Crippen molar-refractivity contribution >= 4 is 0 Å². The predicted molar refractivity (Wildman–Crippen MR) is 55.9 cm³/mol. The zero-order chi connectivity index (χ0) is 9.61. The number of unbranched alkanes of at least 4 members (excludes halogenated alkanes) is 1. The Balaban J connectivity index is 3.37. The summed E-state index contributed by atoms with van der Waals surface area (Å²) in [5, 5.41) is 0. The summed E-state index contributed by atoms with van der Waals surface area (Å²) in [7, 11) is 4.01. The van der Waals surface area contributed by atoms with Gasteiger partial charge in [0.25, 0.3) is 0 Å². The zero-order valence-electron chi connectivity index (χ0n) is 9.19. The predicted octanol–water partition coefficient (Wildman–Crippen LogP) is 3.32. The monoisotopic (exact) mass is 170 g/mol. The van der Waals surface area contributed by atoms with E-state index >= 15 is 0 Å². The van der Waals surface area contributed by atoms with Gasteiger partial charge in [-0.15, -0.1) is 0 Å². The highest BCUT2D eigenvalue weighted by Gasteiger charge is 2.08. The second-order valence-electron chi connectivity index (χ2n) is 4.78. The summed E-state index contributed by atoms with van der Waals surface area (Å²) in [5.41, 5.74) is 0.447. The number of hydrogen-bond acceptors (Lipinski definition) is 1. The van der Waals surface area contributed by atoms with Crippen LogP contribution in [0.1, 0.15) is 47.0 Å². The van der Waals surface area contributed by atoms with E-state index in [1.165, 1.54) is 19.3 Å². The Morgan fingerprint density at radius 1 is 1.17 bits per heavy atom. The van der Waals surface area contributed by atoms with Crippen LogP contribution in [-0.4, -0.2) is 18.0 Å². The van der Waals surface area contributed by atoms with E-state index in [1.54, 1.807) is 0 Å². The lowest BCUT2D eigenvalue weighted by atomic mass is 9.92. The Kier molecular flexibility index (Phi) is 5.56. The molecule has 12 heavy (non-hydrogen) atoms. The van der Waals surface area contributed by atoms with Gasteiger partial charge in [-0.2, -0.15) is 0 Å². The standard InChI is InChI=1S/C11H24N/c1-6-7-9-12(5)10-8-11(2,3)4/h5-10H2,1-4H3/q-1. The van der Waals surface area contributed by atoms with Crippen molar-refractivity contribution in [1.82, 2.24) is 4.90 Å². The number of nitrogens with zero attached hydrogens (tertiary/aromatic N) is 1. The highest BCUT2D eigenvalue weighted by molar-refractivity contribution is 4.65. The van der Waals surface area contributed by atoms with Crippen LogP contribution in [0.25, 0.3) is 0 Å². The molecule has 0 saturated carbocycles. The van der Waals surface area contributed by atoms with Crippen LogP contribution in [0.5, 0.6) is 0 Å². The minimum absolute atomic E-state index is 0.447. The quantitative estimate of drug-likeness (QED) is 0.572. The average molecular weight is 170 g/mol. The Bertz CT molecular complexity index is 102. The van der Waals surface area contributed by atoms with Crippen molar-refractivity contribution in [3.8, 4) is 0 Å². The lowest BCUT2D eigenvalue weighted by Gasteiger charge is -2.28. The van der Waals surface area contributed by atoms with Gasteiger partial charge in [0.2, 0.25) is 0 Å². The van der Waals surface area contributed by atoms with Gasteiger partial charge in [-0.25, -0.2) is 0 Å². The first-order chi connectivity index (χ1) is 5.45. The topological polar surface area (TPSA) is 3.24 Å². The first-order valence-electron chi connectivity index (χ1n) is 5.01. The minimum atomic E-state index is 0.447. The van der Waals surface area contributed by atoms with Gasteiger partial charge in [0.05, 0.1) is 0 Å². The molecular formula is C11H24N-. The van der Waals surface area contributed by atoms with Gasteiger partial charge in [0.1, 0.15) is 0 Å². The second kappa shape index (κ2) is 5.58. The molecule has 0 N–H and O–H groups in total. The molecule has 1 nitrogen and oxygen atoms in total. The van der Waals surface area contributed by atoms with Crippen molar-refractivity contribution in [3.05, 3.63) is 7.05 Å². The van der Waals surface area contributed by atoms with E-state index in [0.717, 1.165) is 13.1 Å². The van der Waals surface area contributed by atoms with Crippen molar-refractivity contribution < 1.29 is 0 Å². The molecule has 0 fully saturated rings. The fourth-order valence-electron chi connectivity index (χ4n) is 0.987. The molecule has 0 unspecified atom stereocenters. The van der Waals surface area contributed by atoms with E-state index in [4.69, 9.17) is 0 Å². The third kappa shape index (κ3) is 8.06. The van der Waals surface area contributed by atoms with E-state index in [2.05, 4.69) is 39.6 Å². The molecular weight excluding hydrogens is 146 g/mol. The third-order valence-electron chi connectivity index (χ3n) is 2.01. The molecule has 0 radical (unpaired) electrons. The Morgan fingerprint density at radius 2 is 1.75 bits per heavy atom. The first-order valence-corrected chi connectivity index (χ1v) is 5.01. The Hall–Kier alpha value is -0.0400. The molecule has 74 valence electrons. The molecule has 0 rings (SSSR count). The molecule has 0 atom stereocenters. The van der Waals surface area contributed by atoms with Gasteiger partial charge < -0.3 is 4.90 Å². The molecule has 0 aromatic heterocycles. The summed E-state index contributed by atoms with van der Waals surface area (Å²) >= 11 is 0. The van der Waals surface area contributed by atoms with E-state index in [0.29, 0.717) is 5.41 Å². The van der Waals surface area contributed by atoms with Crippen LogP contribution in [0, 0.1) is 12.5 Å². The number of rotatable bonds is 5. The van der Waals surface area contributed by atoms with Gasteiger partial charge >= 0.3 is 0 Å². The second-order valence-corrected chi connectivity index (χ2v) is 4.78. The zero-order valence-corrected chi connectivity index (χ0v) is 9.19. The van der Waals surface area contributed by atoms with Gasteiger partial charge in [-0.3, -0.25) is 7.05 Å². The molecule has 0 saturated heterocycles. The molecule has 0 bridgehead atoms. The van der Waals surface area contributed by atoms with Gasteiger partial charge in [-0.1, -0.05) is 34.1 Å². The van der Waals surface area contributed by atoms with Crippen LogP contribution < -0.4 is 0 Å². The molecule has 1 heteroatoms. The Morgan fingerprint density at radius 3 is 2.17 bits per heavy atom. The number of hydrogen-bond donors (Lipinski definition) is 0. The van der Waals surface area contributed by atoms with Gasteiger partial charge in [0, 0.05) is 0 Å². The minimum Gasteiger partial charge on any atom is -0.459 e. The van der Waals surface area contributed by atoms with Gasteiger partial charge in [-0.05, 0) is 31.3 Å². The maximum atomic E-state index is 4.01. The molecule has 0 aliphatic carbocycles. The average Bonchev–Trinajstić information content (AvgIpc) is 1.95. The Labute approximate surface area is 78.1 Å². The van der Waals surface area contributed by atoms with Crippen LogP contribution in [0.4, 0.5) is 0 Å². The summed E-state index contributed by atoms with van der Waals surface area (Å²) in [4.78, 5) is 2.19. The van der Waals surface area contributed by atoms with E-state index in [1.807, 2.05) is 0 Å². The van der Waals surface area contributed by atoms with Crippen LogP contribution in [0.3, 0.4) is 0 Å². The van der Waals surface area contributed by atoms with Crippen molar-refractivity contribution in [3.63, 3.8) is 0 Å². The third-order valence-corrected chi connectivity index (χ3v) is 2.01. The molecule has 0 aromatic rings. The van der Waals surface area contributed by atoms with E-state index in [-0.39, 0.29) is 0 Å². The SMILES string of the molecule is [CH2-]N(CCCC)CCC(C)(C)C. The maximum Gasteiger partial charge on any atom is -0.0299 e. The first kappa shape index (κ1) is 12.0. The van der Waals surface area contributed by atoms with Crippen molar-refractivity contribution in [2.24, 2.45) is 5.41 Å². The highest BCUT2D eigenvalue weighted by atomic mass is 15.1. The molecule has 0 aliphatic rings. The van der Waals surface area contributed by atoms with Crippen LogP contribution in [0.2, 0.25) is 0 Å². The normalized spacial score (nSPS) is 12.5. The largest absolute Gasteiger partial charge is 0.459 e. The summed E-state index contributed by atoms with van der Waals surface area (Å²) < 4.78 is 0. The fraction of sp³-hybridized carbons (Fsp3) is 0.909. The molecule has 0 spiro atoms. The van der Waals surface area contributed by atoms with Crippen molar-refractivity contribution in [1.29, 1.82) is 0 Å². The molecule has 0 heterocycles. The smallest absolute Gasteiger partial charge is 0.0299 e. The van der Waals surface area contributed by atoms with Crippen LogP contribution >= 0.6 is 0 Å². The van der Waals surface area contributed by atoms with E-state index in [9.17, 15) is 0 Å².